The molecule has 7 heteroatoms. The second-order valence-corrected chi connectivity index (χ2v) is 7.31. The van der Waals surface area contributed by atoms with Gasteiger partial charge in [0.2, 0.25) is 11.8 Å². The molecule has 1 unspecified atom stereocenters. The maximum atomic E-state index is 12.5. The van der Waals surface area contributed by atoms with Crippen LogP contribution in [0.4, 0.5) is 0 Å². The summed E-state index contributed by atoms with van der Waals surface area (Å²) in [6, 6.07) is 8.69. The Kier molecular flexibility index (Phi) is 13.6. The molecule has 0 fully saturated rings. The Labute approximate surface area is 178 Å². The van der Waals surface area contributed by atoms with Gasteiger partial charge in [0.25, 0.3) is 0 Å². The molecule has 0 saturated carbocycles. The van der Waals surface area contributed by atoms with Crippen molar-refractivity contribution in [1.29, 1.82) is 0 Å². The van der Waals surface area contributed by atoms with Crippen molar-refractivity contribution in [3.05, 3.63) is 35.9 Å². The fraction of sp³-hybridized carbons (Fsp3) is 0.565. The van der Waals surface area contributed by atoms with E-state index in [1.165, 1.54) is 6.92 Å². The molecule has 7 nitrogen and oxygen atoms in total. The number of unbranched alkanes of at least 4 members (excludes halogenated alkanes) is 5. The molecule has 0 aliphatic heterocycles. The lowest BCUT2D eigenvalue weighted by molar-refractivity contribution is -0.149. The minimum absolute atomic E-state index is 0.0877. The van der Waals surface area contributed by atoms with Crippen LogP contribution in [0, 0.1) is 0 Å². The van der Waals surface area contributed by atoms with Crippen LogP contribution in [0.3, 0.4) is 0 Å². The summed E-state index contributed by atoms with van der Waals surface area (Å²) in [7, 11) is 0. The normalized spacial score (nSPS) is 11.4. The molecule has 0 spiro atoms. The molecule has 0 aliphatic carbocycles. The maximum absolute atomic E-state index is 12.5. The van der Waals surface area contributed by atoms with Gasteiger partial charge in [-0.05, 0) is 37.7 Å². The highest BCUT2D eigenvalue weighted by molar-refractivity contribution is 5.84. The third-order valence-corrected chi connectivity index (χ3v) is 4.61. The Balaban J connectivity index is 2.45. The van der Waals surface area contributed by atoms with Crippen LogP contribution in [0.15, 0.2) is 30.3 Å². The number of esters is 1. The molecule has 0 bridgehead atoms. The quantitative estimate of drug-likeness (QED) is 0.244. The number of rotatable bonds is 16. The number of carbonyl (C=O) groups excluding carboxylic acids is 4. The van der Waals surface area contributed by atoms with Crippen LogP contribution in [0.5, 0.6) is 0 Å². The second-order valence-electron chi connectivity index (χ2n) is 7.31. The van der Waals surface area contributed by atoms with Crippen LogP contribution in [-0.4, -0.2) is 36.7 Å². The summed E-state index contributed by atoms with van der Waals surface area (Å²) in [5.41, 5.74) is 0.886. The van der Waals surface area contributed by atoms with Gasteiger partial charge in [-0.3, -0.25) is 9.59 Å². The van der Waals surface area contributed by atoms with E-state index in [2.05, 4.69) is 10.6 Å². The molecule has 1 atom stereocenters. The van der Waals surface area contributed by atoms with Gasteiger partial charge in [0.15, 0.2) is 0 Å². The highest BCUT2D eigenvalue weighted by Gasteiger charge is 2.22. The molecule has 30 heavy (non-hydrogen) atoms. The van der Waals surface area contributed by atoms with E-state index in [9.17, 15) is 19.2 Å². The van der Waals surface area contributed by atoms with Crippen molar-refractivity contribution >= 4 is 24.1 Å². The fourth-order valence-electron chi connectivity index (χ4n) is 2.95. The number of amides is 2. The summed E-state index contributed by atoms with van der Waals surface area (Å²) in [5, 5.41) is 5.52. The fourth-order valence-corrected chi connectivity index (χ4v) is 2.95. The predicted octanol–water partition coefficient (Wildman–Crippen LogP) is 3.06. The van der Waals surface area contributed by atoms with Gasteiger partial charge in [0.05, 0.1) is 0 Å². The minimum Gasteiger partial charge on any atom is -0.459 e. The maximum Gasteiger partial charge on any atom is 0.328 e. The summed E-state index contributed by atoms with van der Waals surface area (Å²) >= 11 is 0. The van der Waals surface area contributed by atoms with E-state index in [1.807, 2.05) is 30.3 Å². The topological polar surface area (TPSA) is 102 Å². The smallest absolute Gasteiger partial charge is 0.328 e. The van der Waals surface area contributed by atoms with E-state index in [0.29, 0.717) is 38.6 Å². The van der Waals surface area contributed by atoms with Gasteiger partial charge in [-0.15, -0.1) is 0 Å². The molecule has 0 heterocycles. The van der Waals surface area contributed by atoms with Crippen molar-refractivity contribution in [2.75, 3.05) is 6.54 Å². The summed E-state index contributed by atoms with van der Waals surface area (Å²) in [5.74, 6) is -0.707. The molecule has 0 radical (unpaired) electrons. The third-order valence-electron chi connectivity index (χ3n) is 4.61. The zero-order chi connectivity index (χ0) is 22.0. The van der Waals surface area contributed by atoms with Crippen molar-refractivity contribution in [3.8, 4) is 0 Å². The standard InChI is InChI=1S/C23H34N2O5/c1-19(27)24-16-10-9-14-21(23(29)30-18-20-12-6-5-7-13-20)25-22(28)15-8-3-2-4-11-17-26/h5-7,12-13,17,21H,2-4,8-11,14-16,18H2,1H3,(H,24,27)(H,25,28). The van der Waals surface area contributed by atoms with Gasteiger partial charge in [0, 0.05) is 26.3 Å². The van der Waals surface area contributed by atoms with E-state index < -0.39 is 12.0 Å². The Hall–Kier alpha value is -2.70. The van der Waals surface area contributed by atoms with Crippen LogP contribution in [0.1, 0.15) is 70.3 Å². The van der Waals surface area contributed by atoms with Gasteiger partial charge in [-0.25, -0.2) is 4.79 Å². The van der Waals surface area contributed by atoms with Gasteiger partial charge in [0.1, 0.15) is 18.9 Å². The first-order chi connectivity index (χ1) is 14.5. The Bertz CT molecular complexity index is 648. The van der Waals surface area contributed by atoms with E-state index in [0.717, 1.165) is 37.5 Å². The highest BCUT2D eigenvalue weighted by atomic mass is 16.5. The van der Waals surface area contributed by atoms with E-state index in [1.54, 1.807) is 0 Å². The average Bonchev–Trinajstić information content (AvgIpc) is 2.74. The summed E-state index contributed by atoms with van der Waals surface area (Å²) in [6.45, 7) is 2.16. The van der Waals surface area contributed by atoms with Gasteiger partial charge in [-0.1, -0.05) is 43.2 Å². The molecule has 1 aromatic carbocycles. The van der Waals surface area contributed by atoms with Crippen LogP contribution in [0.2, 0.25) is 0 Å². The molecular weight excluding hydrogens is 384 g/mol. The molecule has 0 aromatic heterocycles. The predicted molar refractivity (Wildman–Crippen MR) is 114 cm³/mol. The molecule has 2 N–H and O–H groups in total. The number of aldehydes is 1. The van der Waals surface area contributed by atoms with Crippen LogP contribution < -0.4 is 10.6 Å². The first-order valence-corrected chi connectivity index (χ1v) is 10.7. The molecule has 2 amide bonds. The lowest BCUT2D eigenvalue weighted by Gasteiger charge is -2.18. The van der Waals surface area contributed by atoms with Crippen molar-refractivity contribution in [2.45, 2.75) is 77.4 Å². The van der Waals surface area contributed by atoms with Crippen molar-refractivity contribution in [3.63, 3.8) is 0 Å². The summed E-state index contributed by atoms with van der Waals surface area (Å²) in [4.78, 5) is 46.0. The number of carbonyl (C=O) groups is 4. The zero-order valence-electron chi connectivity index (χ0n) is 17.9. The van der Waals surface area contributed by atoms with Gasteiger partial charge < -0.3 is 20.2 Å². The first-order valence-electron chi connectivity index (χ1n) is 10.7. The number of nitrogens with one attached hydrogen (secondary N) is 2. The summed E-state index contributed by atoms with van der Waals surface area (Å²) < 4.78 is 5.40. The van der Waals surface area contributed by atoms with E-state index in [4.69, 9.17) is 4.74 Å². The number of hydrogen-bond donors (Lipinski definition) is 2. The zero-order valence-corrected chi connectivity index (χ0v) is 17.9. The lowest BCUT2D eigenvalue weighted by atomic mass is 10.1. The Morgan fingerprint density at radius 3 is 2.43 bits per heavy atom. The van der Waals surface area contributed by atoms with Crippen LogP contribution in [-0.2, 0) is 30.5 Å². The largest absolute Gasteiger partial charge is 0.459 e. The van der Waals surface area contributed by atoms with Crippen molar-refractivity contribution in [2.24, 2.45) is 0 Å². The first kappa shape index (κ1) is 25.3. The number of ether oxygens (including phenoxy) is 1. The lowest BCUT2D eigenvalue weighted by Crippen LogP contribution is -2.41. The number of benzene rings is 1. The SMILES string of the molecule is CC(=O)NCCCCC(NC(=O)CCCCCCC=O)C(=O)OCc1ccccc1. The molecule has 1 aromatic rings. The van der Waals surface area contributed by atoms with E-state index >= 15 is 0 Å². The third kappa shape index (κ3) is 12.7. The molecule has 1 rings (SSSR count). The number of hydrogen-bond acceptors (Lipinski definition) is 5. The second kappa shape index (κ2) is 16.1. The molecule has 0 aliphatic rings. The van der Waals surface area contributed by atoms with Gasteiger partial charge >= 0.3 is 5.97 Å². The van der Waals surface area contributed by atoms with E-state index in [-0.39, 0.29) is 18.4 Å². The van der Waals surface area contributed by atoms with Crippen molar-refractivity contribution < 1.29 is 23.9 Å². The van der Waals surface area contributed by atoms with Crippen LogP contribution in [0.25, 0.3) is 0 Å². The molecular formula is C23H34N2O5. The van der Waals surface area contributed by atoms with Crippen LogP contribution >= 0.6 is 0 Å². The summed E-state index contributed by atoms with van der Waals surface area (Å²) in [6.07, 6.45) is 7.01. The monoisotopic (exact) mass is 418 g/mol. The highest BCUT2D eigenvalue weighted by Crippen LogP contribution is 2.09. The average molecular weight is 419 g/mol. The van der Waals surface area contributed by atoms with Crippen molar-refractivity contribution in [1.82, 2.24) is 10.6 Å². The minimum atomic E-state index is -0.700. The molecule has 0 saturated heterocycles. The molecule has 166 valence electrons. The Morgan fingerprint density at radius 1 is 1.00 bits per heavy atom. The Morgan fingerprint density at radius 2 is 1.73 bits per heavy atom. The van der Waals surface area contributed by atoms with Gasteiger partial charge in [-0.2, -0.15) is 0 Å².